The Balaban J connectivity index is 1.38. The molecular weight excluding hydrogens is 420 g/mol. The fraction of sp³-hybridized carbons (Fsp3) is 0.273. The van der Waals surface area contributed by atoms with Gasteiger partial charge in [0.1, 0.15) is 5.01 Å². The molecule has 0 radical (unpaired) electrons. The van der Waals surface area contributed by atoms with E-state index in [0.29, 0.717) is 28.7 Å². The summed E-state index contributed by atoms with van der Waals surface area (Å²) in [5, 5.41) is 12.8. The van der Waals surface area contributed by atoms with E-state index in [2.05, 4.69) is 15.5 Å². The van der Waals surface area contributed by atoms with Crippen LogP contribution in [-0.2, 0) is 11.2 Å². The third-order valence-corrected chi connectivity index (χ3v) is 6.39. The van der Waals surface area contributed by atoms with E-state index in [1.807, 2.05) is 35.2 Å². The number of carbonyl (C=O) groups is 2. The molecule has 1 saturated heterocycles. The average molecular weight is 441 g/mol. The lowest BCUT2D eigenvalue weighted by molar-refractivity contribution is -0.131. The normalized spacial score (nSPS) is 16.3. The van der Waals surface area contributed by atoms with Crippen molar-refractivity contribution in [1.29, 1.82) is 0 Å². The molecule has 2 heterocycles. The Bertz CT molecular complexity index is 1020. The van der Waals surface area contributed by atoms with Crippen LogP contribution in [0.4, 0.5) is 5.69 Å². The predicted octanol–water partition coefficient (Wildman–Crippen LogP) is 4.39. The van der Waals surface area contributed by atoms with Crippen LogP contribution in [0.25, 0.3) is 0 Å². The van der Waals surface area contributed by atoms with Crippen molar-refractivity contribution in [2.75, 3.05) is 18.4 Å². The molecule has 6 nitrogen and oxygen atoms in total. The van der Waals surface area contributed by atoms with Crippen LogP contribution in [0.3, 0.4) is 0 Å². The van der Waals surface area contributed by atoms with E-state index < -0.39 is 0 Å². The maximum absolute atomic E-state index is 12.7. The molecule has 0 saturated carbocycles. The van der Waals surface area contributed by atoms with Gasteiger partial charge >= 0.3 is 0 Å². The second-order valence-corrected chi connectivity index (χ2v) is 8.69. The smallest absolute Gasteiger partial charge is 0.286 e. The zero-order valence-corrected chi connectivity index (χ0v) is 17.8. The third-order valence-electron chi connectivity index (χ3n) is 5.06. The molecule has 30 heavy (non-hydrogen) atoms. The first-order chi connectivity index (χ1) is 14.6. The Morgan fingerprint density at radius 1 is 1.10 bits per heavy atom. The van der Waals surface area contributed by atoms with Crippen LogP contribution in [0, 0.1) is 0 Å². The van der Waals surface area contributed by atoms with E-state index in [1.165, 1.54) is 11.3 Å². The van der Waals surface area contributed by atoms with Crippen LogP contribution < -0.4 is 5.32 Å². The Morgan fingerprint density at radius 3 is 2.63 bits per heavy atom. The highest BCUT2D eigenvalue weighted by molar-refractivity contribution is 7.13. The molecule has 154 valence electrons. The van der Waals surface area contributed by atoms with Crippen molar-refractivity contribution in [3.63, 3.8) is 0 Å². The molecule has 3 aromatic rings. The number of carbonyl (C=O) groups excluding carboxylic acids is 2. The second kappa shape index (κ2) is 9.36. The van der Waals surface area contributed by atoms with Gasteiger partial charge in [-0.05, 0) is 42.7 Å². The lowest BCUT2D eigenvalue weighted by atomic mass is 9.98. The molecule has 1 N–H and O–H groups in total. The Morgan fingerprint density at radius 2 is 1.87 bits per heavy atom. The van der Waals surface area contributed by atoms with Gasteiger partial charge < -0.3 is 10.2 Å². The van der Waals surface area contributed by atoms with Crippen LogP contribution in [0.1, 0.15) is 39.1 Å². The molecule has 8 heteroatoms. The fourth-order valence-electron chi connectivity index (χ4n) is 3.50. The highest BCUT2D eigenvalue weighted by Gasteiger charge is 2.28. The SMILES string of the molecule is O=C(Nc1ccc(Cl)cc1)c1nnc([C@@H]2CCCN(C(=O)Cc3ccccc3)C2)s1. The van der Waals surface area contributed by atoms with E-state index in [0.717, 1.165) is 30.0 Å². The molecule has 2 aromatic carbocycles. The summed E-state index contributed by atoms with van der Waals surface area (Å²) in [6, 6.07) is 16.7. The molecule has 0 unspecified atom stereocenters. The maximum Gasteiger partial charge on any atom is 0.286 e. The number of hydrogen-bond acceptors (Lipinski definition) is 5. The number of nitrogens with zero attached hydrogens (tertiary/aromatic N) is 3. The summed E-state index contributed by atoms with van der Waals surface area (Å²) in [5.74, 6) is -0.0712. The van der Waals surface area contributed by atoms with Crippen molar-refractivity contribution in [3.8, 4) is 0 Å². The largest absolute Gasteiger partial charge is 0.342 e. The third kappa shape index (κ3) is 5.04. The molecule has 1 aliphatic rings. The number of anilines is 1. The van der Waals surface area contributed by atoms with Gasteiger partial charge in [0.2, 0.25) is 10.9 Å². The molecule has 1 atom stereocenters. The second-order valence-electron chi connectivity index (χ2n) is 7.25. The van der Waals surface area contributed by atoms with Gasteiger partial charge in [-0.2, -0.15) is 0 Å². The van der Waals surface area contributed by atoms with E-state index in [1.54, 1.807) is 24.3 Å². The molecule has 1 aliphatic heterocycles. The van der Waals surface area contributed by atoms with Gasteiger partial charge in [0.15, 0.2) is 0 Å². The predicted molar refractivity (Wildman–Crippen MR) is 118 cm³/mol. The fourth-order valence-corrected chi connectivity index (χ4v) is 4.49. The van der Waals surface area contributed by atoms with Gasteiger partial charge in [0.05, 0.1) is 6.42 Å². The Hall–Kier alpha value is -2.77. The number of benzene rings is 2. The van der Waals surface area contributed by atoms with Gasteiger partial charge in [-0.25, -0.2) is 0 Å². The van der Waals surface area contributed by atoms with E-state index in [-0.39, 0.29) is 17.7 Å². The number of aromatic nitrogens is 2. The van der Waals surface area contributed by atoms with Gasteiger partial charge in [-0.1, -0.05) is 53.3 Å². The highest BCUT2D eigenvalue weighted by Crippen LogP contribution is 2.29. The van der Waals surface area contributed by atoms with E-state index in [9.17, 15) is 9.59 Å². The van der Waals surface area contributed by atoms with Gasteiger partial charge in [0, 0.05) is 29.7 Å². The first-order valence-electron chi connectivity index (χ1n) is 9.80. The summed E-state index contributed by atoms with van der Waals surface area (Å²) in [4.78, 5) is 27.1. The minimum absolute atomic E-state index is 0.105. The summed E-state index contributed by atoms with van der Waals surface area (Å²) >= 11 is 7.16. The van der Waals surface area contributed by atoms with E-state index in [4.69, 9.17) is 11.6 Å². The van der Waals surface area contributed by atoms with Crippen molar-refractivity contribution in [2.24, 2.45) is 0 Å². The van der Waals surface area contributed by atoms with Crippen LogP contribution in [0.5, 0.6) is 0 Å². The van der Waals surface area contributed by atoms with E-state index >= 15 is 0 Å². The summed E-state index contributed by atoms with van der Waals surface area (Å²) in [5.41, 5.74) is 1.66. The molecule has 1 aromatic heterocycles. The number of rotatable bonds is 5. The minimum atomic E-state index is -0.297. The topological polar surface area (TPSA) is 75.2 Å². The number of amides is 2. The number of halogens is 1. The minimum Gasteiger partial charge on any atom is -0.342 e. The number of hydrogen-bond donors (Lipinski definition) is 1. The van der Waals surface area contributed by atoms with Crippen molar-refractivity contribution >= 4 is 40.4 Å². The first-order valence-corrected chi connectivity index (χ1v) is 11.0. The molecule has 0 bridgehead atoms. The molecule has 2 amide bonds. The lowest BCUT2D eigenvalue weighted by Gasteiger charge is -2.31. The van der Waals surface area contributed by atoms with Gasteiger partial charge in [0.25, 0.3) is 5.91 Å². The van der Waals surface area contributed by atoms with Crippen LogP contribution in [-0.4, -0.2) is 40.0 Å². The number of nitrogens with one attached hydrogen (secondary N) is 1. The Labute approximate surface area is 183 Å². The van der Waals surface area contributed by atoms with Crippen molar-refractivity contribution < 1.29 is 9.59 Å². The van der Waals surface area contributed by atoms with Gasteiger partial charge in [-0.15, -0.1) is 10.2 Å². The number of piperidine rings is 1. The van der Waals surface area contributed by atoms with Crippen LogP contribution >= 0.6 is 22.9 Å². The molecule has 0 spiro atoms. The summed E-state index contributed by atoms with van der Waals surface area (Å²) in [6.45, 7) is 1.37. The Kier molecular flexibility index (Phi) is 6.40. The van der Waals surface area contributed by atoms with Crippen LogP contribution in [0.2, 0.25) is 5.02 Å². The molecule has 0 aliphatic carbocycles. The average Bonchev–Trinajstić information content (AvgIpc) is 3.27. The summed E-state index contributed by atoms with van der Waals surface area (Å²) in [6.07, 6.45) is 2.25. The van der Waals surface area contributed by atoms with Crippen molar-refractivity contribution in [1.82, 2.24) is 15.1 Å². The van der Waals surface area contributed by atoms with Crippen molar-refractivity contribution in [2.45, 2.75) is 25.2 Å². The molecular formula is C22H21ClN4O2S. The zero-order valence-electron chi connectivity index (χ0n) is 16.3. The van der Waals surface area contributed by atoms with Crippen molar-refractivity contribution in [3.05, 3.63) is 75.2 Å². The highest BCUT2D eigenvalue weighted by atomic mass is 35.5. The summed E-state index contributed by atoms with van der Waals surface area (Å²) in [7, 11) is 0. The standard InChI is InChI=1S/C22H21ClN4O2S/c23-17-8-10-18(11-9-17)24-20(29)22-26-25-21(30-22)16-7-4-12-27(14-16)19(28)13-15-5-2-1-3-6-15/h1-3,5-6,8-11,16H,4,7,12-14H2,(H,24,29)/t16-/m1/s1. The van der Waals surface area contributed by atoms with Gasteiger partial charge in [-0.3, -0.25) is 9.59 Å². The molecule has 4 rings (SSSR count). The monoisotopic (exact) mass is 440 g/mol. The quantitative estimate of drug-likeness (QED) is 0.638. The number of likely N-dealkylation sites (tertiary alicyclic amines) is 1. The zero-order chi connectivity index (χ0) is 20.9. The lowest BCUT2D eigenvalue weighted by Crippen LogP contribution is -2.39. The summed E-state index contributed by atoms with van der Waals surface area (Å²) < 4.78 is 0. The first kappa shape index (κ1) is 20.5. The van der Waals surface area contributed by atoms with Crippen LogP contribution in [0.15, 0.2) is 54.6 Å². The maximum atomic E-state index is 12.7. The molecule has 1 fully saturated rings.